The number of rotatable bonds is 0. The van der Waals surface area contributed by atoms with Crippen molar-refractivity contribution in [2.45, 2.75) is 5.54 Å². The molecule has 2 aliphatic heterocycles. The van der Waals surface area contributed by atoms with Crippen LogP contribution in [0.4, 0.5) is 4.79 Å². The minimum Gasteiger partial charge on any atom is -0.465 e. The van der Waals surface area contributed by atoms with Crippen LogP contribution in [-0.4, -0.2) is 54.4 Å². The van der Waals surface area contributed by atoms with Crippen molar-refractivity contribution >= 4 is 6.09 Å². The summed E-state index contributed by atoms with van der Waals surface area (Å²) in [6.07, 6.45) is -0.794. The van der Waals surface area contributed by atoms with Gasteiger partial charge in [0.15, 0.2) is 0 Å². The lowest BCUT2D eigenvalue weighted by molar-refractivity contribution is 0.0234. The van der Waals surface area contributed by atoms with Crippen LogP contribution < -0.4 is 10.6 Å². The molecule has 2 aliphatic rings. The van der Waals surface area contributed by atoms with Crippen molar-refractivity contribution in [2.24, 2.45) is 0 Å². The smallest absolute Gasteiger partial charge is 0.407 e. The molecule has 3 N–H and O–H groups in total. The van der Waals surface area contributed by atoms with Crippen molar-refractivity contribution < 1.29 is 9.90 Å². The molecule has 0 aliphatic carbocycles. The van der Waals surface area contributed by atoms with Gasteiger partial charge in [-0.15, -0.1) is 0 Å². The molecule has 2 rings (SSSR count). The summed E-state index contributed by atoms with van der Waals surface area (Å²) in [5.74, 6) is 0. The first kappa shape index (κ1) is 7.82. The van der Waals surface area contributed by atoms with E-state index in [9.17, 15) is 4.79 Å². The van der Waals surface area contributed by atoms with Crippen LogP contribution in [0.1, 0.15) is 0 Å². The Morgan fingerprint density at radius 2 is 2.00 bits per heavy atom. The Bertz CT molecular complexity index is 203. The molecule has 12 heavy (non-hydrogen) atoms. The minimum atomic E-state index is -0.794. The lowest BCUT2D eigenvalue weighted by Gasteiger charge is -2.52. The molecule has 0 bridgehead atoms. The van der Waals surface area contributed by atoms with Gasteiger partial charge in [-0.3, -0.25) is 4.90 Å². The Labute approximate surface area is 70.7 Å². The number of carbonyl (C=O) groups is 1. The van der Waals surface area contributed by atoms with Crippen LogP contribution in [-0.2, 0) is 0 Å². The van der Waals surface area contributed by atoms with E-state index in [2.05, 4.69) is 10.6 Å². The Morgan fingerprint density at radius 1 is 1.33 bits per heavy atom. The molecule has 2 fully saturated rings. The summed E-state index contributed by atoms with van der Waals surface area (Å²) in [6, 6.07) is 0. The van der Waals surface area contributed by atoms with Crippen LogP contribution >= 0.6 is 0 Å². The number of hydrogen-bond donors (Lipinski definition) is 3. The van der Waals surface area contributed by atoms with Crippen LogP contribution in [0.5, 0.6) is 0 Å². The second-order valence-electron chi connectivity index (χ2n) is 3.44. The molecule has 0 unspecified atom stereocenters. The molecule has 1 spiro atoms. The van der Waals surface area contributed by atoms with Gasteiger partial charge in [-0.25, -0.2) is 4.79 Å². The third-order valence-electron chi connectivity index (χ3n) is 2.68. The Morgan fingerprint density at radius 3 is 2.42 bits per heavy atom. The number of amides is 1. The summed E-state index contributed by atoms with van der Waals surface area (Å²) < 4.78 is 0. The van der Waals surface area contributed by atoms with Gasteiger partial charge in [-0.05, 0) is 0 Å². The third kappa shape index (κ3) is 0.971. The van der Waals surface area contributed by atoms with Gasteiger partial charge in [-0.1, -0.05) is 0 Å². The van der Waals surface area contributed by atoms with E-state index in [0.29, 0.717) is 6.54 Å². The number of nitrogens with zero attached hydrogens (tertiary/aromatic N) is 1. The summed E-state index contributed by atoms with van der Waals surface area (Å²) in [5.41, 5.74) is -0.149. The highest BCUT2D eigenvalue weighted by Gasteiger charge is 2.46. The zero-order valence-corrected chi connectivity index (χ0v) is 6.84. The van der Waals surface area contributed by atoms with E-state index in [-0.39, 0.29) is 5.54 Å². The van der Waals surface area contributed by atoms with Gasteiger partial charge in [0.25, 0.3) is 0 Å². The van der Waals surface area contributed by atoms with Crippen molar-refractivity contribution in [3.8, 4) is 0 Å². The summed E-state index contributed by atoms with van der Waals surface area (Å²) >= 11 is 0. The topological polar surface area (TPSA) is 64.6 Å². The van der Waals surface area contributed by atoms with Crippen LogP contribution in [0, 0.1) is 0 Å². The van der Waals surface area contributed by atoms with Crippen LogP contribution in [0.2, 0.25) is 0 Å². The van der Waals surface area contributed by atoms with E-state index in [1.807, 2.05) is 0 Å². The Kier molecular flexibility index (Phi) is 1.69. The first-order valence-electron chi connectivity index (χ1n) is 4.17. The fraction of sp³-hybridized carbons (Fsp3) is 0.857. The predicted molar refractivity (Wildman–Crippen MR) is 43.2 cm³/mol. The molecule has 5 heteroatoms. The maximum absolute atomic E-state index is 10.8. The normalized spacial score (nSPS) is 26.8. The van der Waals surface area contributed by atoms with Gasteiger partial charge in [0, 0.05) is 32.7 Å². The third-order valence-corrected chi connectivity index (χ3v) is 2.68. The largest absolute Gasteiger partial charge is 0.465 e. The molecule has 0 atom stereocenters. The van der Waals surface area contributed by atoms with E-state index >= 15 is 0 Å². The maximum atomic E-state index is 10.8. The molecule has 0 aromatic rings. The van der Waals surface area contributed by atoms with Crippen LogP contribution in [0.3, 0.4) is 0 Å². The van der Waals surface area contributed by atoms with Gasteiger partial charge in [0.1, 0.15) is 0 Å². The lowest BCUT2D eigenvalue weighted by Crippen LogP contribution is -2.76. The second kappa shape index (κ2) is 2.60. The van der Waals surface area contributed by atoms with Crippen molar-refractivity contribution in [3.63, 3.8) is 0 Å². The maximum Gasteiger partial charge on any atom is 0.407 e. The molecular formula is C7H13N3O2. The number of nitrogens with one attached hydrogen (secondary N) is 2. The van der Waals surface area contributed by atoms with E-state index in [1.54, 1.807) is 4.90 Å². The van der Waals surface area contributed by atoms with E-state index in [4.69, 9.17) is 5.11 Å². The van der Waals surface area contributed by atoms with Crippen molar-refractivity contribution in [3.05, 3.63) is 0 Å². The van der Waals surface area contributed by atoms with Gasteiger partial charge in [0.05, 0.1) is 5.54 Å². The lowest BCUT2D eigenvalue weighted by atomic mass is 9.88. The van der Waals surface area contributed by atoms with E-state index in [1.165, 1.54) is 0 Å². The van der Waals surface area contributed by atoms with Gasteiger partial charge < -0.3 is 15.7 Å². The standard InChI is InChI=1S/C7H13N3O2/c11-6(12)10-2-1-8-3-7(10)4-9-5-7/h8-9H,1-5H2,(H,11,12). The number of hydrogen-bond acceptors (Lipinski definition) is 3. The first-order valence-corrected chi connectivity index (χ1v) is 4.17. The number of carboxylic acid groups (broad SMARTS) is 1. The van der Waals surface area contributed by atoms with Gasteiger partial charge in [-0.2, -0.15) is 0 Å². The molecule has 0 radical (unpaired) electrons. The Hall–Kier alpha value is -0.810. The monoisotopic (exact) mass is 171 g/mol. The molecule has 68 valence electrons. The summed E-state index contributed by atoms with van der Waals surface area (Å²) in [6.45, 7) is 3.73. The number of piperazine rings is 1. The zero-order valence-electron chi connectivity index (χ0n) is 6.84. The summed E-state index contributed by atoms with van der Waals surface area (Å²) in [7, 11) is 0. The molecule has 0 saturated carbocycles. The zero-order chi connectivity index (χ0) is 8.60. The fourth-order valence-electron chi connectivity index (χ4n) is 1.87. The quantitative estimate of drug-likeness (QED) is 0.433. The molecule has 0 aromatic carbocycles. The van der Waals surface area contributed by atoms with Crippen LogP contribution in [0.15, 0.2) is 0 Å². The molecular weight excluding hydrogens is 158 g/mol. The first-order chi connectivity index (χ1) is 5.75. The molecule has 2 heterocycles. The highest BCUT2D eigenvalue weighted by molar-refractivity contribution is 5.67. The van der Waals surface area contributed by atoms with Gasteiger partial charge in [0.2, 0.25) is 0 Å². The van der Waals surface area contributed by atoms with E-state index < -0.39 is 6.09 Å². The van der Waals surface area contributed by atoms with E-state index in [0.717, 1.165) is 26.2 Å². The second-order valence-corrected chi connectivity index (χ2v) is 3.44. The van der Waals surface area contributed by atoms with Crippen molar-refractivity contribution in [1.82, 2.24) is 15.5 Å². The summed E-state index contributed by atoms with van der Waals surface area (Å²) in [5, 5.41) is 15.2. The molecule has 0 aromatic heterocycles. The Balaban J connectivity index is 2.11. The average Bonchev–Trinajstić information content (AvgIpc) is 2.01. The summed E-state index contributed by atoms with van der Waals surface area (Å²) in [4.78, 5) is 12.4. The SMILES string of the molecule is O=C(O)N1CCNCC12CNC2. The highest BCUT2D eigenvalue weighted by atomic mass is 16.4. The van der Waals surface area contributed by atoms with Crippen molar-refractivity contribution in [1.29, 1.82) is 0 Å². The van der Waals surface area contributed by atoms with Crippen molar-refractivity contribution in [2.75, 3.05) is 32.7 Å². The predicted octanol–water partition coefficient (Wildman–Crippen LogP) is -1.09. The van der Waals surface area contributed by atoms with Crippen LogP contribution in [0.25, 0.3) is 0 Å². The molecule has 5 nitrogen and oxygen atoms in total. The molecule has 2 saturated heterocycles. The minimum absolute atomic E-state index is 0.149. The highest BCUT2D eigenvalue weighted by Crippen LogP contribution is 2.21. The fourth-order valence-corrected chi connectivity index (χ4v) is 1.87. The molecule has 1 amide bonds. The van der Waals surface area contributed by atoms with Gasteiger partial charge >= 0.3 is 6.09 Å². The average molecular weight is 171 g/mol.